The Bertz CT molecular complexity index is 602. The lowest BCUT2D eigenvalue weighted by Gasteiger charge is -2.07. The molecule has 0 atom stereocenters. The molecule has 2 rings (SSSR count). The van der Waals surface area contributed by atoms with Crippen molar-refractivity contribution in [1.29, 1.82) is 0 Å². The van der Waals surface area contributed by atoms with Crippen molar-refractivity contribution in [3.05, 3.63) is 58.0 Å². The molecule has 2 aromatic rings. The molecule has 18 heavy (non-hydrogen) atoms. The topological polar surface area (TPSA) is 65.3 Å². The first-order valence-corrected chi connectivity index (χ1v) is 5.12. The van der Waals surface area contributed by atoms with Gasteiger partial charge in [0.15, 0.2) is 0 Å². The molecule has 0 fully saturated rings. The van der Waals surface area contributed by atoms with E-state index in [0.29, 0.717) is 11.3 Å². The Labute approximate surface area is 102 Å². The van der Waals surface area contributed by atoms with Crippen LogP contribution in [-0.4, -0.2) is 9.91 Å². The zero-order valence-electron chi connectivity index (χ0n) is 9.46. The molecular weight excluding hydrogens is 239 g/mol. The van der Waals surface area contributed by atoms with Gasteiger partial charge in [0.1, 0.15) is 5.75 Å². The van der Waals surface area contributed by atoms with E-state index in [4.69, 9.17) is 4.74 Å². The summed E-state index contributed by atoms with van der Waals surface area (Å²) in [5, 5.41) is 10.6. The zero-order chi connectivity index (χ0) is 13.1. The molecule has 0 saturated heterocycles. The van der Waals surface area contributed by atoms with E-state index in [1.807, 2.05) is 0 Å². The molecule has 1 aromatic carbocycles. The van der Waals surface area contributed by atoms with Gasteiger partial charge in [-0.15, -0.1) is 0 Å². The number of nitrogens with zero attached hydrogens (tertiary/aromatic N) is 2. The third-order valence-corrected chi connectivity index (χ3v) is 2.27. The molecule has 0 saturated carbocycles. The molecule has 0 N–H and O–H groups in total. The van der Waals surface area contributed by atoms with Crippen LogP contribution in [0.15, 0.2) is 36.4 Å². The number of aromatic nitrogens is 1. The van der Waals surface area contributed by atoms with Gasteiger partial charge >= 0.3 is 0 Å². The lowest BCUT2D eigenvalue weighted by Crippen LogP contribution is -1.94. The minimum absolute atomic E-state index is 0.0212. The summed E-state index contributed by atoms with van der Waals surface area (Å²) in [6.07, 6.45) is 0. The van der Waals surface area contributed by atoms with Crippen LogP contribution in [0.25, 0.3) is 0 Å². The number of hydrogen-bond acceptors (Lipinski definition) is 4. The Morgan fingerprint density at radius 2 is 2.11 bits per heavy atom. The van der Waals surface area contributed by atoms with Crippen molar-refractivity contribution >= 4 is 5.69 Å². The number of pyridine rings is 1. The summed E-state index contributed by atoms with van der Waals surface area (Å²) in [6.45, 7) is 1.67. The number of nitro groups is 1. The highest BCUT2D eigenvalue weighted by molar-refractivity contribution is 5.44. The number of nitro benzene ring substituents is 1. The van der Waals surface area contributed by atoms with E-state index in [0.717, 1.165) is 0 Å². The lowest BCUT2D eigenvalue weighted by molar-refractivity contribution is -0.384. The number of aryl methyl sites for hydroxylation is 1. The molecule has 0 aliphatic rings. The Kier molecular flexibility index (Phi) is 3.18. The molecule has 0 amide bonds. The van der Waals surface area contributed by atoms with Gasteiger partial charge in [-0.2, -0.15) is 9.37 Å². The summed E-state index contributed by atoms with van der Waals surface area (Å²) < 4.78 is 18.2. The predicted octanol–water partition coefficient (Wildman–Crippen LogP) is 3.23. The fourth-order valence-electron chi connectivity index (χ4n) is 1.42. The maximum atomic E-state index is 12.9. The SMILES string of the molecule is Cc1cc([N+](=O)[O-])ccc1Oc1cccc(F)n1. The first-order valence-electron chi connectivity index (χ1n) is 5.12. The van der Waals surface area contributed by atoms with Crippen molar-refractivity contribution in [1.82, 2.24) is 4.98 Å². The smallest absolute Gasteiger partial charge is 0.269 e. The highest BCUT2D eigenvalue weighted by Gasteiger charge is 2.10. The Hall–Kier alpha value is -2.50. The fourth-order valence-corrected chi connectivity index (χ4v) is 1.42. The van der Waals surface area contributed by atoms with Crippen LogP contribution in [0.2, 0.25) is 0 Å². The number of rotatable bonds is 3. The first-order chi connectivity index (χ1) is 8.56. The molecule has 0 bridgehead atoms. The van der Waals surface area contributed by atoms with E-state index >= 15 is 0 Å². The number of non-ortho nitro benzene ring substituents is 1. The average molecular weight is 248 g/mol. The molecular formula is C12H9FN2O3. The minimum Gasteiger partial charge on any atom is -0.439 e. The van der Waals surface area contributed by atoms with Crippen molar-refractivity contribution < 1.29 is 14.1 Å². The van der Waals surface area contributed by atoms with Crippen molar-refractivity contribution in [3.8, 4) is 11.6 Å². The number of ether oxygens (including phenoxy) is 1. The van der Waals surface area contributed by atoms with Crippen LogP contribution < -0.4 is 4.74 Å². The standard InChI is InChI=1S/C12H9FN2O3/c1-8-7-9(15(16)17)5-6-10(8)18-12-4-2-3-11(13)14-12/h2-7H,1H3. The van der Waals surface area contributed by atoms with Gasteiger partial charge in [-0.3, -0.25) is 10.1 Å². The van der Waals surface area contributed by atoms with Crippen LogP contribution in [0.3, 0.4) is 0 Å². The van der Waals surface area contributed by atoms with Crippen molar-refractivity contribution in [2.45, 2.75) is 6.92 Å². The summed E-state index contributed by atoms with van der Waals surface area (Å²) in [5.41, 5.74) is 0.558. The summed E-state index contributed by atoms with van der Waals surface area (Å²) in [4.78, 5) is 13.6. The number of benzene rings is 1. The molecule has 1 aromatic heterocycles. The van der Waals surface area contributed by atoms with Gasteiger partial charge < -0.3 is 4.74 Å². The van der Waals surface area contributed by atoms with E-state index in [2.05, 4.69) is 4.98 Å². The van der Waals surface area contributed by atoms with Gasteiger partial charge in [0.05, 0.1) is 4.92 Å². The largest absolute Gasteiger partial charge is 0.439 e. The second-order valence-corrected chi connectivity index (χ2v) is 3.61. The molecule has 5 nitrogen and oxygen atoms in total. The van der Waals surface area contributed by atoms with Gasteiger partial charge in [-0.25, -0.2) is 0 Å². The Morgan fingerprint density at radius 1 is 1.33 bits per heavy atom. The van der Waals surface area contributed by atoms with Crippen LogP contribution in [0.5, 0.6) is 11.6 Å². The van der Waals surface area contributed by atoms with Crippen LogP contribution in [0.4, 0.5) is 10.1 Å². The van der Waals surface area contributed by atoms with Gasteiger partial charge in [-0.1, -0.05) is 6.07 Å². The van der Waals surface area contributed by atoms with Crippen LogP contribution in [0.1, 0.15) is 5.56 Å². The molecule has 6 heteroatoms. The summed E-state index contributed by atoms with van der Waals surface area (Å²) in [5.74, 6) is -0.141. The van der Waals surface area contributed by atoms with Gasteiger partial charge in [0.2, 0.25) is 11.8 Å². The van der Waals surface area contributed by atoms with E-state index in [1.54, 1.807) is 6.92 Å². The second-order valence-electron chi connectivity index (χ2n) is 3.61. The Morgan fingerprint density at radius 3 is 2.72 bits per heavy atom. The third-order valence-electron chi connectivity index (χ3n) is 2.27. The van der Waals surface area contributed by atoms with Crippen LogP contribution in [0, 0.1) is 23.0 Å². The van der Waals surface area contributed by atoms with Crippen LogP contribution in [-0.2, 0) is 0 Å². The monoisotopic (exact) mass is 248 g/mol. The molecule has 92 valence electrons. The van der Waals surface area contributed by atoms with Gasteiger partial charge in [-0.05, 0) is 24.6 Å². The van der Waals surface area contributed by atoms with E-state index in [9.17, 15) is 14.5 Å². The highest BCUT2D eigenvalue weighted by Crippen LogP contribution is 2.26. The van der Waals surface area contributed by atoms with Crippen molar-refractivity contribution in [2.75, 3.05) is 0 Å². The maximum Gasteiger partial charge on any atom is 0.269 e. The fraction of sp³-hybridized carbons (Fsp3) is 0.0833. The predicted molar refractivity (Wildman–Crippen MR) is 62.1 cm³/mol. The number of hydrogen-bond donors (Lipinski definition) is 0. The van der Waals surface area contributed by atoms with Crippen LogP contribution >= 0.6 is 0 Å². The third kappa shape index (κ3) is 2.60. The van der Waals surface area contributed by atoms with Crippen molar-refractivity contribution in [2.24, 2.45) is 0 Å². The Balaban J connectivity index is 2.27. The minimum atomic E-state index is -0.646. The second kappa shape index (κ2) is 4.79. The zero-order valence-corrected chi connectivity index (χ0v) is 9.46. The quantitative estimate of drug-likeness (QED) is 0.475. The molecule has 1 heterocycles. The van der Waals surface area contributed by atoms with Crippen molar-refractivity contribution in [3.63, 3.8) is 0 Å². The number of halogens is 1. The van der Waals surface area contributed by atoms with Gasteiger partial charge in [0, 0.05) is 18.2 Å². The molecule has 0 unspecified atom stereocenters. The van der Waals surface area contributed by atoms with E-state index in [-0.39, 0.29) is 11.6 Å². The van der Waals surface area contributed by atoms with E-state index in [1.165, 1.54) is 36.4 Å². The molecule has 0 spiro atoms. The lowest BCUT2D eigenvalue weighted by atomic mass is 10.2. The normalized spacial score (nSPS) is 10.1. The van der Waals surface area contributed by atoms with Gasteiger partial charge in [0.25, 0.3) is 5.69 Å². The maximum absolute atomic E-state index is 12.9. The molecule has 0 aliphatic heterocycles. The summed E-state index contributed by atoms with van der Waals surface area (Å²) in [6, 6.07) is 8.34. The first kappa shape index (κ1) is 12.0. The van der Waals surface area contributed by atoms with E-state index < -0.39 is 10.9 Å². The molecule has 0 aliphatic carbocycles. The summed E-state index contributed by atoms with van der Waals surface area (Å²) >= 11 is 0. The average Bonchev–Trinajstić information content (AvgIpc) is 2.31. The highest BCUT2D eigenvalue weighted by atomic mass is 19.1. The molecule has 0 radical (unpaired) electrons. The summed E-state index contributed by atoms with van der Waals surface area (Å²) in [7, 11) is 0.